The van der Waals surface area contributed by atoms with E-state index < -0.39 is 0 Å². The van der Waals surface area contributed by atoms with E-state index in [0.717, 1.165) is 22.0 Å². The molecule has 0 saturated heterocycles. The van der Waals surface area contributed by atoms with Crippen molar-refractivity contribution in [2.75, 3.05) is 11.1 Å². The fourth-order valence-corrected chi connectivity index (χ4v) is 3.63. The van der Waals surface area contributed by atoms with Crippen molar-refractivity contribution in [1.29, 1.82) is 0 Å². The molecule has 0 atom stereocenters. The zero-order valence-corrected chi connectivity index (χ0v) is 16.1. The van der Waals surface area contributed by atoms with E-state index in [2.05, 4.69) is 54.6 Å². The number of rotatable bonds is 6. The molecule has 0 aliphatic carbocycles. The van der Waals surface area contributed by atoms with Crippen LogP contribution in [0.2, 0.25) is 0 Å². The average molecular weight is 366 g/mol. The summed E-state index contributed by atoms with van der Waals surface area (Å²) in [7, 11) is 0. The van der Waals surface area contributed by atoms with Crippen LogP contribution in [0, 0.1) is 20.8 Å². The van der Waals surface area contributed by atoms with Crippen molar-refractivity contribution in [3.05, 3.63) is 77.0 Å². The molecule has 0 aliphatic rings. The third-order valence-corrected chi connectivity index (χ3v) is 5.20. The van der Waals surface area contributed by atoms with E-state index in [-0.39, 0.29) is 5.91 Å². The summed E-state index contributed by atoms with van der Waals surface area (Å²) in [6, 6.07) is 18.3. The number of benzene rings is 2. The zero-order chi connectivity index (χ0) is 18.5. The minimum absolute atomic E-state index is 0.0230. The summed E-state index contributed by atoms with van der Waals surface area (Å²) in [6.07, 6.45) is 0. The molecule has 1 amide bonds. The second kappa shape index (κ2) is 8.23. The third-order valence-electron chi connectivity index (χ3n) is 4.05. The van der Waals surface area contributed by atoms with Crippen molar-refractivity contribution in [3.63, 3.8) is 0 Å². The van der Waals surface area contributed by atoms with Crippen molar-refractivity contribution in [2.45, 2.75) is 32.2 Å². The van der Waals surface area contributed by atoms with E-state index in [1.165, 1.54) is 11.1 Å². The van der Waals surface area contributed by atoms with Crippen molar-refractivity contribution < 1.29 is 4.79 Å². The Labute approximate surface area is 158 Å². The molecule has 1 N–H and O–H groups in total. The number of nitrogens with one attached hydrogen (secondary N) is 1. The fraction of sp³-hybridized carbons (Fsp3) is 0.238. The number of aryl methyl sites for hydroxylation is 3. The van der Waals surface area contributed by atoms with Gasteiger partial charge in [-0.3, -0.25) is 4.79 Å². The number of hydrogen-bond donors (Lipinski definition) is 1. The first-order valence-electron chi connectivity index (χ1n) is 8.59. The number of aromatic nitrogens is 2. The first-order chi connectivity index (χ1) is 12.5. The van der Waals surface area contributed by atoms with Gasteiger partial charge in [0, 0.05) is 11.0 Å². The maximum atomic E-state index is 12.4. The van der Waals surface area contributed by atoms with E-state index in [0.29, 0.717) is 12.3 Å². The lowest BCUT2D eigenvalue weighted by molar-refractivity contribution is -0.113. The van der Waals surface area contributed by atoms with E-state index >= 15 is 0 Å². The fourth-order valence-electron chi connectivity index (χ4n) is 2.71. The molecule has 0 fully saturated rings. The second-order valence-electron chi connectivity index (χ2n) is 6.42. The van der Waals surface area contributed by atoms with Crippen LogP contribution < -0.4 is 5.32 Å². The summed E-state index contributed by atoms with van der Waals surface area (Å²) in [5.74, 6) is 1.09. The minimum atomic E-state index is -0.0230. The van der Waals surface area contributed by atoms with Gasteiger partial charge in [-0.25, -0.2) is 4.68 Å². The number of carbonyl (C=O) groups excluding carboxylic acids is 1. The number of amides is 1. The Balaban J connectivity index is 1.65. The Morgan fingerprint density at radius 2 is 1.85 bits per heavy atom. The quantitative estimate of drug-likeness (QED) is 0.650. The molecule has 3 aromatic rings. The summed E-state index contributed by atoms with van der Waals surface area (Å²) in [5.41, 5.74) is 4.43. The van der Waals surface area contributed by atoms with Crippen LogP contribution in [-0.2, 0) is 11.3 Å². The van der Waals surface area contributed by atoms with E-state index in [4.69, 9.17) is 0 Å². The summed E-state index contributed by atoms with van der Waals surface area (Å²) >= 11 is 1.56. The molecule has 1 aromatic heterocycles. The largest absolute Gasteiger partial charge is 0.310 e. The van der Waals surface area contributed by atoms with Crippen LogP contribution in [-0.4, -0.2) is 21.4 Å². The highest BCUT2D eigenvalue weighted by Crippen LogP contribution is 2.24. The van der Waals surface area contributed by atoms with Crippen LogP contribution in [0.15, 0.2) is 59.5 Å². The van der Waals surface area contributed by atoms with Gasteiger partial charge < -0.3 is 5.32 Å². The number of nitrogens with zero attached hydrogens (tertiary/aromatic N) is 2. The minimum Gasteiger partial charge on any atom is -0.310 e. The molecular weight excluding hydrogens is 342 g/mol. The molecule has 0 bridgehead atoms. The summed E-state index contributed by atoms with van der Waals surface area (Å²) in [4.78, 5) is 13.6. The topological polar surface area (TPSA) is 46.9 Å². The molecule has 0 unspecified atom stereocenters. The van der Waals surface area contributed by atoms with Crippen molar-refractivity contribution in [1.82, 2.24) is 9.78 Å². The number of hydrogen-bond acceptors (Lipinski definition) is 3. The van der Waals surface area contributed by atoms with Gasteiger partial charge in [0.15, 0.2) is 0 Å². The molecule has 1 heterocycles. The summed E-state index contributed by atoms with van der Waals surface area (Å²) in [5, 5.41) is 7.49. The van der Waals surface area contributed by atoms with Gasteiger partial charge in [0.1, 0.15) is 5.82 Å². The monoisotopic (exact) mass is 365 g/mol. The lowest BCUT2D eigenvalue weighted by Gasteiger charge is -2.10. The number of thioether (sulfide) groups is 1. The second-order valence-corrected chi connectivity index (χ2v) is 7.44. The highest BCUT2D eigenvalue weighted by Gasteiger charge is 2.11. The molecule has 4 nitrogen and oxygen atoms in total. The molecule has 2 aromatic carbocycles. The SMILES string of the molecule is Cc1ccc(C)c(SCC(=O)Nc2cc(C)nn2Cc2ccccc2)c1. The molecule has 3 rings (SSSR count). The smallest absolute Gasteiger partial charge is 0.235 e. The van der Waals surface area contributed by atoms with Gasteiger partial charge in [0.2, 0.25) is 5.91 Å². The van der Waals surface area contributed by atoms with Gasteiger partial charge in [0.25, 0.3) is 0 Å². The first-order valence-corrected chi connectivity index (χ1v) is 9.58. The van der Waals surface area contributed by atoms with Crippen LogP contribution in [0.4, 0.5) is 5.82 Å². The van der Waals surface area contributed by atoms with Gasteiger partial charge in [-0.15, -0.1) is 11.8 Å². The lowest BCUT2D eigenvalue weighted by Crippen LogP contribution is -2.17. The average Bonchev–Trinajstić information content (AvgIpc) is 2.95. The van der Waals surface area contributed by atoms with Gasteiger partial charge in [0.05, 0.1) is 18.0 Å². The summed E-state index contributed by atoms with van der Waals surface area (Å²) in [6.45, 7) is 6.70. The van der Waals surface area contributed by atoms with Crippen molar-refractivity contribution in [3.8, 4) is 0 Å². The van der Waals surface area contributed by atoms with Gasteiger partial charge >= 0.3 is 0 Å². The Morgan fingerprint density at radius 1 is 1.08 bits per heavy atom. The predicted octanol–water partition coefficient (Wildman–Crippen LogP) is 4.59. The van der Waals surface area contributed by atoms with Gasteiger partial charge in [-0.05, 0) is 38.0 Å². The Kier molecular flexibility index (Phi) is 5.78. The van der Waals surface area contributed by atoms with Crippen LogP contribution in [0.25, 0.3) is 0 Å². The van der Waals surface area contributed by atoms with Gasteiger partial charge in [-0.1, -0.05) is 48.0 Å². The van der Waals surface area contributed by atoms with Crippen LogP contribution in [0.3, 0.4) is 0 Å². The summed E-state index contributed by atoms with van der Waals surface area (Å²) < 4.78 is 1.84. The zero-order valence-electron chi connectivity index (χ0n) is 15.3. The molecule has 0 radical (unpaired) electrons. The molecule has 0 spiro atoms. The maximum Gasteiger partial charge on any atom is 0.235 e. The highest BCUT2D eigenvalue weighted by atomic mass is 32.2. The molecular formula is C21H23N3OS. The van der Waals surface area contributed by atoms with E-state index in [9.17, 15) is 4.79 Å². The number of carbonyl (C=O) groups is 1. The lowest BCUT2D eigenvalue weighted by atomic mass is 10.2. The van der Waals surface area contributed by atoms with Crippen LogP contribution in [0.1, 0.15) is 22.4 Å². The normalized spacial score (nSPS) is 10.7. The molecule has 5 heteroatoms. The predicted molar refractivity (Wildman–Crippen MR) is 108 cm³/mol. The van der Waals surface area contributed by atoms with Crippen molar-refractivity contribution >= 4 is 23.5 Å². The molecule has 26 heavy (non-hydrogen) atoms. The highest BCUT2D eigenvalue weighted by molar-refractivity contribution is 8.00. The Bertz CT molecular complexity index is 903. The van der Waals surface area contributed by atoms with Crippen LogP contribution >= 0.6 is 11.8 Å². The van der Waals surface area contributed by atoms with Crippen LogP contribution in [0.5, 0.6) is 0 Å². The first kappa shape index (κ1) is 18.3. The van der Waals surface area contributed by atoms with Crippen molar-refractivity contribution in [2.24, 2.45) is 0 Å². The Hall–Kier alpha value is -2.53. The van der Waals surface area contributed by atoms with Gasteiger partial charge in [-0.2, -0.15) is 5.10 Å². The molecule has 134 valence electrons. The third kappa shape index (κ3) is 4.76. The standard InChI is InChI=1S/C21H23N3OS/c1-15-9-10-16(2)19(11-15)26-14-21(25)22-20-12-17(3)23-24(20)13-18-7-5-4-6-8-18/h4-12H,13-14H2,1-3H3,(H,22,25). The Morgan fingerprint density at radius 3 is 2.62 bits per heavy atom. The maximum absolute atomic E-state index is 12.4. The molecule has 0 saturated carbocycles. The van der Waals surface area contributed by atoms with E-state index in [1.54, 1.807) is 11.8 Å². The van der Waals surface area contributed by atoms with E-state index in [1.807, 2.05) is 35.9 Å². The number of anilines is 1. The molecule has 0 aliphatic heterocycles.